The number of hydrogen-bond acceptors (Lipinski definition) is 3. The molecule has 1 amide bonds. The predicted molar refractivity (Wildman–Crippen MR) is 85.2 cm³/mol. The number of anilines is 1. The number of hydrogen-bond donors (Lipinski definition) is 1. The number of nitrogens with one attached hydrogen (secondary N) is 1. The molecule has 5 heteroatoms. The minimum Gasteiger partial charge on any atom is -0.399 e. The minimum atomic E-state index is -0.185. The van der Waals surface area contributed by atoms with Gasteiger partial charge in [0.2, 0.25) is 0 Å². The van der Waals surface area contributed by atoms with E-state index in [2.05, 4.69) is 15.3 Å². The largest absolute Gasteiger partial charge is 0.399 e. The van der Waals surface area contributed by atoms with Crippen LogP contribution in [0.25, 0.3) is 0 Å². The van der Waals surface area contributed by atoms with Gasteiger partial charge in [-0.3, -0.25) is 4.79 Å². The SMILES string of the molecule is CO/N=C/c1ccc(C(=O)Nc2cccc(Cl)c2C)cc1. The Labute approximate surface area is 128 Å². The van der Waals surface area contributed by atoms with Crippen molar-refractivity contribution in [1.82, 2.24) is 0 Å². The van der Waals surface area contributed by atoms with E-state index in [0.717, 1.165) is 11.1 Å². The molecule has 0 spiro atoms. The average molecular weight is 303 g/mol. The van der Waals surface area contributed by atoms with Crippen LogP contribution in [0.5, 0.6) is 0 Å². The van der Waals surface area contributed by atoms with E-state index in [1.165, 1.54) is 7.11 Å². The highest BCUT2D eigenvalue weighted by molar-refractivity contribution is 6.31. The van der Waals surface area contributed by atoms with Crippen LogP contribution in [-0.4, -0.2) is 19.2 Å². The van der Waals surface area contributed by atoms with E-state index in [9.17, 15) is 4.79 Å². The van der Waals surface area contributed by atoms with Crippen molar-refractivity contribution in [2.24, 2.45) is 5.16 Å². The number of amides is 1. The van der Waals surface area contributed by atoms with Crippen molar-refractivity contribution in [3.8, 4) is 0 Å². The first kappa shape index (κ1) is 15.1. The monoisotopic (exact) mass is 302 g/mol. The second-order valence-corrected chi connectivity index (χ2v) is 4.81. The number of rotatable bonds is 4. The molecule has 0 aromatic heterocycles. The van der Waals surface area contributed by atoms with Gasteiger partial charge in [-0.15, -0.1) is 0 Å². The van der Waals surface area contributed by atoms with Crippen LogP contribution in [0.15, 0.2) is 47.6 Å². The van der Waals surface area contributed by atoms with E-state index in [4.69, 9.17) is 11.6 Å². The molecule has 2 aromatic rings. The first-order chi connectivity index (χ1) is 10.1. The van der Waals surface area contributed by atoms with Gasteiger partial charge in [-0.05, 0) is 42.3 Å². The van der Waals surface area contributed by atoms with Crippen molar-refractivity contribution >= 4 is 29.4 Å². The maximum atomic E-state index is 12.2. The summed E-state index contributed by atoms with van der Waals surface area (Å²) in [5.41, 5.74) is 2.96. The lowest BCUT2D eigenvalue weighted by molar-refractivity contribution is 0.102. The van der Waals surface area contributed by atoms with Crippen LogP contribution in [0.4, 0.5) is 5.69 Å². The topological polar surface area (TPSA) is 50.7 Å². The molecule has 0 radical (unpaired) electrons. The van der Waals surface area contributed by atoms with Crippen molar-refractivity contribution < 1.29 is 9.63 Å². The Hall–Kier alpha value is -2.33. The Bertz CT molecular complexity index is 666. The highest BCUT2D eigenvalue weighted by Gasteiger charge is 2.08. The van der Waals surface area contributed by atoms with Gasteiger partial charge in [-0.2, -0.15) is 0 Å². The fraction of sp³-hybridized carbons (Fsp3) is 0.125. The number of carbonyl (C=O) groups is 1. The molecule has 0 aliphatic heterocycles. The zero-order chi connectivity index (χ0) is 15.2. The molecule has 1 N–H and O–H groups in total. The van der Waals surface area contributed by atoms with Crippen LogP contribution in [0.2, 0.25) is 5.02 Å². The molecular formula is C16H15ClN2O2. The quantitative estimate of drug-likeness (QED) is 0.688. The summed E-state index contributed by atoms with van der Waals surface area (Å²) in [6.07, 6.45) is 1.57. The van der Waals surface area contributed by atoms with Crippen LogP contribution < -0.4 is 5.32 Å². The molecular weight excluding hydrogens is 288 g/mol. The Morgan fingerprint density at radius 3 is 2.62 bits per heavy atom. The van der Waals surface area contributed by atoms with Gasteiger partial charge in [-0.1, -0.05) is 35.0 Å². The summed E-state index contributed by atoms with van der Waals surface area (Å²) in [5.74, 6) is -0.185. The summed E-state index contributed by atoms with van der Waals surface area (Å²) in [4.78, 5) is 16.8. The number of carbonyl (C=O) groups excluding carboxylic acids is 1. The average Bonchev–Trinajstić information content (AvgIpc) is 2.50. The van der Waals surface area contributed by atoms with Gasteiger partial charge in [0.05, 0.1) is 6.21 Å². The van der Waals surface area contributed by atoms with Crippen LogP contribution in [0.1, 0.15) is 21.5 Å². The van der Waals surface area contributed by atoms with Crippen LogP contribution in [0.3, 0.4) is 0 Å². The number of benzene rings is 2. The molecule has 0 saturated heterocycles. The zero-order valence-electron chi connectivity index (χ0n) is 11.8. The Balaban J connectivity index is 2.13. The van der Waals surface area contributed by atoms with E-state index < -0.39 is 0 Å². The lowest BCUT2D eigenvalue weighted by Gasteiger charge is -2.09. The highest BCUT2D eigenvalue weighted by atomic mass is 35.5. The summed E-state index contributed by atoms with van der Waals surface area (Å²) in [7, 11) is 1.48. The van der Waals surface area contributed by atoms with Gasteiger partial charge in [0.25, 0.3) is 5.91 Å². The molecule has 21 heavy (non-hydrogen) atoms. The molecule has 0 unspecified atom stereocenters. The molecule has 4 nitrogen and oxygen atoms in total. The van der Waals surface area contributed by atoms with E-state index in [1.807, 2.05) is 13.0 Å². The lowest BCUT2D eigenvalue weighted by atomic mass is 10.1. The molecule has 2 rings (SSSR count). The molecule has 0 fully saturated rings. The Morgan fingerprint density at radius 2 is 1.95 bits per heavy atom. The van der Waals surface area contributed by atoms with E-state index in [0.29, 0.717) is 16.3 Å². The molecule has 0 aliphatic rings. The molecule has 0 heterocycles. The maximum Gasteiger partial charge on any atom is 0.255 e. The summed E-state index contributed by atoms with van der Waals surface area (Å²) < 4.78 is 0. The summed E-state index contributed by atoms with van der Waals surface area (Å²) in [6.45, 7) is 1.86. The van der Waals surface area contributed by atoms with Gasteiger partial charge < -0.3 is 10.2 Å². The predicted octanol–water partition coefficient (Wildman–Crippen LogP) is 3.88. The van der Waals surface area contributed by atoms with Gasteiger partial charge >= 0.3 is 0 Å². The van der Waals surface area contributed by atoms with Gasteiger partial charge in [-0.25, -0.2) is 0 Å². The van der Waals surface area contributed by atoms with Gasteiger partial charge in [0.15, 0.2) is 0 Å². The molecule has 0 atom stereocenters. The third kappa shape index (κ3) is 3.83. The van der Waals surface area contributed by atoms with Crippen LogP contribution >= 0.6 is 11.6 Å². The van der Waals surface area contributed by atoms with E-state index in [1.54, 1.807) is 42.6 Å². The zero-order valence-corrected chi connectivity index (χ0v) is 12.5. The number of nitrogens with zero attached hydrogens (tertiary/aromatic N) is 1. The number of halogens is 1. The Kier molecular flexibility index (Phi) is 4.95. The summed E-state index contributed by atoms with van der Waals surface area (Å²) in [6, 6.07) is 12.5. The third-order valence-electron chi connectivity index (χ3n) is 3.00. The van der Waals surface area contributed by atoms with Crippen molar-refractivity contribution in [3.05, 3.63) is 64.2 Å². The standard InChI is InChI=1S/C16H15ClN2O2/c1-11-14(17)4-3-5-15(11)19-16(20)13-8-6-12(7-9-13)10-18-21-2/h3-10H,1-2H3,(H,19,20)/b18-10+. The first-order valence-electron chi connectivity index (χ1n) is 6.35. The maximum absolute atomic E-state index is 12.2. The molecule has 0 aliphatic carbocycles. The second-order valence-electron chi connectivity index (χ2n) is 4.41. The fourth-order valence-corrected chi connectivity index (χ4v) is 1.95. The minimum absolute atomic E-state index is 0.185. The van der Waals surface area contributed by atoms with Crippen molar-refractivity contribution in [1.29, 1.82) is 0 Å². The van der Waals surface area contributed by atoms with Crippen molar-refractivity contribution in [2.75, 3.05) is 12.4 Å². The van der Waals surface area contributed by atoms with Gasteiger partial charge in [0, 0.05) is 16.3 Å². The van der Waals surface area contributed by atoms with E-state index >= 15 is 0 Å². The smallest absolute Gasteiger partial charge is 0.255 e. The molecule has 0 saturated carbocycles. The first-order valence-corrected chi connectivity index (χ1v) is 6.72. The summed E-state index contributed by atoms with van der Waals surface area (Å²) >= 11 is 6.03. The third-order valence-corrected chi connectivity index (χ3v) is 3.41. The van der Waals surface area contributed by atoms with E-state index in [-0.39, 0.29) is 5.91 Å². The van der Waals surface area contributed by atoms with Crippen molar-refractivity contribution in [2.45, 2.75) is 6.92 Å². The highest BCUT2D eigenvalue weighted by Crippen LogP contribution is 2.23. The normalized spacial score (nSPS) is 10.6. The molecule has 108 valence electrons. The molecule has 0 bridgehead atoms. The van der Waals surface area contributed by atoms with Crippen molar-refractivity contribution in [3.63, 3.8) is 0 Å². The lowest BCUT2D eigenvalue weighted by Crippen LogP contribution is -2.12. The van der Waals surface area contributed by atoms with Gasteiger partial charge in [0.1, 0.15) is 7.11 Å². The second kappa shape index (κ2) is 6.90. The Morgan fingerprint density at radius 1 is 1.24 bits per heavy atom. The molecule has 2 aromatic carbocycles. The fourth-order valence-electron chi connectivity index (χ4n) is 1.77. The number of oxime groups is 1. The van der Waals surface area contributed by atoms with Crippen LogP contribution in [0, 0.1) is 6.92 Å². The summed E-state index contributed by atoms with van der Waals surface area (Å²) in [5, 5.41) is 7.14. The van der Waals surface area contributed by atoms with Crippen LogP contribution in [-0.2, 0) is 4.84 Å².